The molecule has 1 saturated heterocycles. The number of hydrogen-bond acceptors (Lipinski definition) is 7. The van der Waals surface area contributed by atoms with Gasteiger partial charge in [-0.3, -0.25) is 4.79 Å². The molecule has 8 heteroatoms. The van der Waals surface area contributed by atoms with E-state index in [1.807, 2.05) is 36.4 Å². The number of ether oxygens (including phenoxy) is 3. The summed E-state index contributed by atoms with van der Waals surface area (Å²) in [6, 6.07) is 17.0. The Bertz CT molecular complexity index is 992. The summed E-state index contributed by atoms with van der Waals surface area (Å²) in [5.74, 6) is 0.0671. The van der Waals surface area contributed by atoms with Crippen LogP contribution in [0.3, 0.4) is 0 Å². The average Bonchev–Trinajstić information content (AvgIpc) is 2.85. The predicted octanol–water partition coefficient (Wildman–Crippen LogP) is 2.50. The van der Waals surface area contributed by atoms with Gasteiger partial charge >= 0.3 is 5.97 Å². The van der Waals surface area contributed by atoms with Crippen LogP contribution in [0.2, 0.25) is 0 Å². The molecule has 1 fully saturated rings. The van der Waals surface area contributed by atoms with E-state index in [4.69, 9.17) is 19.5 Å². The van der Waals surface area contributed by atoms with Crippen LogP contribution in [-0.2, 0) is 14.3 Å². The van der Waals surface area contributed by atoms with Crippen LogP contribution in [0.4, 0.5) is 5.69 Å². The minimum absolute atomic E-state index is 0.0901. The first-order valence-electron chi connectivity index (χ1n) is 10.2. The van der Waals surface area contributed by atoms with Crippen molar-refractivity contribution in [3.63, 3.8) is 0 Å². The SMILES string of the molecule is COc1cc(/C=C/C(=O)OCC(=O)N2CCN(c3ccccc3)CC2)ccc1OCC#N. The van der Waals surface area contributed by atoms with Gasteiger partial charge in [0.25, 0.3) is 5.91 Å². The molecular formula is C24H25N3O5. The number of para-hydroxylation sites is 1. The standard InChI is InChI=1S/C24H25N3O5/c1-30-22-17-19(7-9-21(22)31-16-11-25)8-10-24(29)32-18-23(28)27-14-12-26(13-15-27)20-5-3-2-4-6-20/h2-10,17H,12-16,18H2,1H3/b10-8+. The summed E-state index contributed by atoms with van der Waals surface area (Å²) in [7, 11) is 1.49. The summed E-state index contributed by atoms with van der Waals surface area (Å²) < 4.78 is 15.6. The number of rotatable bonds is 8. The number of piperazine rings is 1. The zero-order valence-electron chi connectivity index (χ0n) is 17.9. The minimum Gasteiger partial charge on any atom is -0.493 e. The number of carbonyl (C=O) groups excluding carboxylic acids is 2. The minimum atomic E-state index is -0.606. The number of benzene rings is 2. The number of hydrogen-bond donors (Lipinski definition) is 0. The number of anilines is 1. The summed E-state index contributed by atoms with van der Waals surface area (Å²) in [5.41, 5.74) is 1.82. The van der Waals surface area contributed by atoms with Crippen molar-refractivity contribution in [3.8, 4) is 17.6 Å². The molecule has 32 heavy (non-hydrogen) atoms. The maximum absolute atomic E-state index is 12.4. The number of esters is 1. The van der Waals surface area contributed by atoms with Crippen molar-refractivity contribution in [1.29, 1.82) is 5.26 Å². The first kappa shape index (κ1) is 22.7. The molecule has 0 atom stereocenters. The predicted molar refractivity (Wildman–Crippen MR) is 119 cm³/mol. The van der Waals surface area contributed by atoms with Crippen LogP contribution in [0.5, 0.6) is 11.5 Å². The zero-order chi connectivity index (χ0) is 22.8. The molecule has 0 spiro atoms. The molecule has 0 saturated carbocycles. The molecule has 8 nitrogen and oxygen atoms in total. The molecular weight excluding hydrogens is 410 g/mol. The fourth-order valence-corrected chi connectivity index (χ4v) is 3.31. The molecule has 2 aromatic rings. The third kappa shape index (κ3) is 6.25. The molecule has 0 unspecified atom stereocenters. The summed E-state index contributed by atoms with van der Waals surface area (Å²) in [6.07, 6.45) is 2.81. The molecule has 3 rings (SSSR count). The molecule has 166 valence electrons. The number of nitriles is 1. The Labute approximate surface area is 187 Å². The second kappa shape index (κ2) is 11.4. The Morgan fingerprint density at radius 2 is 1.81 bits per heavy atom. The van der Waals surface area contributed by atoms with Crippen LogP contribution < -0.4 is 14.4 Å². The molecule has 1 aliphatic heterocycles. The molecule has 2 aromatic carbocycles. The Morgan fingerprint density at radius 3 is 2.50 bits per heavy atom. The van der Waals surface area contributed by atoms with Crippen LogP contribution in [-0.4, -0.2) is 63.3 Å². The summed E-state index contributed by atoms with van der Waals surface area (Å²) in [5, 5.41) is 8.62. The second-order valence-electron chi connectivity index (χ2n) is 7.00. The monoisotopic (exact) mass is 435 g/mol. The van der Waals surface area contributed by atoms with Gasteiger partial charge in [0.05, 0.1) is 7.11 Å². The van der Waals surface area contributed by atoms with Crippen molar-refractivity contribution in [2.75, 3.05) is 51.4 Å². The van der Waals surface area contributed by atoms with Crippen molar-refractivity contribution in [2.45, 2.75) is 0 Å². The van der Waals surface area contributed by atoms with Crippen LogP contribution in [0.25, 0.3) is 6.08 Å². The molecule has 0 aromatic heterocycles. The number of carbonyl (C=O) groups is 2. The Hall–Kier alpha value is -3.99. The van der Waals surface area contributed by atoms with E-state index in [-0.39, 0.29) is 19.1 Å². The van der Waals surface area contributed by atoms with Gasteiger partial charge in [-0.15, -0.1) is 0 Å². The lowest BCUT2D eigenvalue weighted by Crippen LogP contribution is -2.49. The maximum atomic E-state index is 12.4. The van der Waals surface area contributed by atoms with Crippen LogP contribution in [0.1, 0.15) is 5.56 Å². The second-order valence-corrected chi connectivity index (χ2v) is 7.00. The first-order chi connectivity index (χ1) is 15.6. The third-order valence-corrected chi connectivity index (χ3v) is 4.98. The number of methoxy groups -OCH3 is 1. The highest BCUT2D eigenvalue weighted by atomic mass is 16.5. The van der Waals surface area contributed by atoms with Gasteiger partial charge in [-0.2, -0.15) is 5.26 Å². The van der Waals surface area contributed by atoms with E-state index in [1.165, 1.54) is 13.2 Å². The van der Waals surface area contributed by atoms with Gasteiger partial charge < -0.3 is 24.0 Å². The lowest BCUT2D eigenvalue weighted by Gasteiger charge is -2.36. The highest BCUT2D eigenvalue weighted by Crippen LogP contribution is 2.28. The fourth-order valence-electron chi connectivity index (χ4n) is 3.31. The van der Waals surface area contributed by atoms with E-state index in [1.54, 1.807) is 29.2 Å². The van der Waals surface area contributed by atoms with Gasteiger partial charge in [0, 0.05) is 37.9 Å². The van der Waals surface area contributed by atoms with Gasteiger partial charge in [-0.05, 0) is 35.9 Å². The van der Waals surface area contributed by atoms with E-state index >= 15 is 0 Å². The maximum Gasteiger partial charge on any atom is 0.331 e. The normalized spacial score (nSPS) is 13.5. The molecule has 0 aliphatic carbocycles. The van der Waals surface area contributed by atoms with E-state index in [2.05, 4.69) is 4.90 Å². The molecule has 1 heterocycles. The quantitative estimate of drug-likeness (QED) is 0.465. The van der Waals surface area contributed by atoms with Crippen molar-refractivity contribution in [2.24, 2.45) is 0 Å². The zero-order valence-corrected chi connectivity index (χ0v) is 17.9. The molecule has 1 aliphatic rings. The van der Waals surface area contributed by atoms with E-state index in [9.17, 15) is 9.59 Å². The summed E-state index contributed by atoms with van der Waals surface area (Å²) in [6.45, 7) is 2.26. The van der Waals surface area contributed by atoms with Crippen LogP contribution >= 0.6 is 0 Å². The van der Waals surface area contributed by atoms with Crippen molar-refractivity contribution in [3.05, 3.63) is 60.2 Å². The fraction of sp³-hybridized carbons (Fsp3) is 0.292. The largest absolute Gasteiger partial charge is 0.493 e. The lowest BCUT2D eigenvalue weighted by atomic mass is 10.2. The molecule has 0 radical (unpaired) electrons. The highest BCUT2D eigenvalue weighted by Gasteiger charge is 2.21. The van der Waals surface area contributed by atoms with Crippen molar-refractivity contribution < 1.29 is 23.8 Å². The summed E-state index contributed by atoms with van der Waals surface area (Å²) in [4.78, 5) is 28.3. The highest BCUT2D eigenvalue weighted by molar-refractivity contribution is 5.89. The van der Waals surface area contributed by atoms with Crippen molar-refractivity contribution >= 4 is 23.6 Å². The van der Waals surface area contributed by atoms with Gasteiger partial charge in [0.2, 0.25) is 0 Å². The molecule has 1 amide bonds. The van der Waals surface area contributed by atoms with Crippen LogP contribution in [0, 0.1) is 11.3 Å². The summed E-state index contributed by atoms with van der Waals surface area (Å²) >= 11 is 0. The average molecular weight is 435 g/mol. The molecule has 0 N–H and O–H groups in total. The number of amides is 1. The smallest absolute Gasteiger partial charge is 0.331 e. The van der Waals surface area contributed by atoms with E-state index in [0.29, 0.717) is 30.2 Å². The van der Waals surface area contributed by atoms with Gasteiger partial charge in [0.15, 0.2) is 24.7 Å². The third-order valence-electron chi connectivity index (χ3n) is 4.98. The van der Waals surface area contributed by atoms with E-state index < -0.39 is 5.97 Å². The Morgan fingerprint density at radius 1 is 1.06 bits per heavy atom. The van der Waals surface area contributed by atoms with Gasteiger partial charge in [0.1, 0.15) is 6.07 Å². The van der Waals surface area contributed by atoms with Gasteiger partial charge in [-0.25, -0.2) is 4.79 Å². The van der Waals surface area contributed by atoms with Crippen LogP contribution in [0.15, 0.2) is 54.6 Å². The number of nitrogens with zero attached hydrogens (tertiary/aromatic N) is 3. The first-order valence-corrected chi connectivity index (χ1v) is 10.2. The van der Waals surface area contributed by atoms with E-state index in [0.717, 1.165) is 18.8 Å². The molecule has 0 bridgehead atoms. The van der Waals surface area contributed by atoms with Gasteiger partial charge in [-0.1, -0.05) is 24.3 Å². The van der Waals surface area contributed by atoms with Crippen molar-refractivity contribution in [1.82, 2.24) is 4.90 Å². The topological polar surface area (TPSA) is 92.1 Å². The Kier molecular flexibility index (Phi) is 8.09. The Balaban J connectivity index is 1.45. The lowest BCUT2D eigenvalue weighted by molar-refractivity contribution is -0.148.